The third-order valence-electron chi connectivity index (χ3n) is 3.54. The van der Waals surface area contributed by atoms with Crippen molar-refractivity contribution >= 4 is 5.82 Å². The van der Waals surface area contributed by atoms with Crippen molar-refractivity contribution in [2.75, 3.05) is 18.0 Å². The first kappa shape index (κ1) is 12.4. The van der Waals surface area contributed by atoms with Gasteiger partial charge in [0.15, 0.2) is 0 Å². The van der Waals surface area contributed by atoms with Gasteiger partial charge in [0.05, 0.1) is 0 Å². The predicted molar refractivity (Wildman–Crippen MR) is 72.4 cm³/mol. The van der Waals surface area contributed by atoms with Crippen LogP contribution in [0.1, 0.15) is 37.3 Å². The van der Waals surface area contributed by atoms with E-state index in [-0.39, 0.29) is 6.04 Å². The Bertz CT molecular complexity index is 370. The van der Waals surface area contributed by atoms with Gasteiger partial charge in [-0.15, -0.1) is 0 Å². The number of aromatic nitrogens is 1. The highest BCUT2D eigenvalue weighted by Crippen LogP contribution is 2.22. The van der Waals surface area contributed by atoms with Gasteiger partial charge >= 0.3 is 0 Å². The molecule has 2 N–H and O–H groups in total. The highest BCUT2D eigenvalue weighted by molar-refractivity contribution is 5.48. The Morgan fingerprint density at radius 1 is 1.41 bits per heavy atom. The van der Waals surface area contributed by atoms with Gasteiger partial charge in [0.25, 0.3) is 0 Å². The molecule has 0 radical (unpaired) electrons. The number of anilines is 1. The second-order valence-electron chi connectivity index (χ2n) is 5.05. The third kappa shape index (κ3) is 2.97. The Balaban J connectivity index is 2.10. The van der Waals surface area contributed by atoms with Crippen molar-refractivity contribution in [3.63, 3.8) is 0 Å². The molecule has 0 spiro atoms. The van der Waals surface area contributed by atoms with E-state index >= 15 is 0 Å². The van der Waals surface area contributed by atoms with Gasteiger partial charge in [-0.3, -0.25) is 0 Å². The molecule has 0 saturated carbocycles. The smallest absolute Gasteiger partial charge is 0.131 e. The lowest BCUT2D eigenvalue weighted by Crippen LogP contribution is -2.23. The molecule has 0 amide bonds. The molecule has 1 fully saturated rings. The van der Waals surface area contributed by atoms with Crippen LogP contribution < -0.4 is 10.6 Å². The zero-order valence-corrected chi connectivity index (χ0v) is 10.9. The first-order valence-corrected chi connectivity index (χ1v) is 6.66. The SMILES string of the molecule is CCC(N)Cc1cnc(N2CCCC2)c(C)c1. The number of pyridine rings is 1. The van der Waals surface area contributed by atoms with Crippen molar-refractivity contribution < 1.29 is 0 Å². The number of rotatable bonds is 4. The summed E-state index contributed by atoms with van der Waals surface area (Å²) in [6, 6.07) is 2.50. The van der Waals surface area contributed by atoms with Crippen molar-refractivity contribution in [3.05, 3.63) is 23.4 Å². The van der Waals surface area contributed by atoms with E-state index in [4.69, 9.17) is 5.73 Å². The highest BCUT2D eigenvalue weighted by Gasteiger charge is 2.15. The van der Waals surface area contributed by atoms with Crippen LogP contribution >= 0.6 is 0 Å². The van der Waals surface area contributed by atoms with Crippen LogP contribution in [0.4, 0.5) is 5.82 Å². The fraction of sp³-hybridized carbons (Fsp3) is 0.643. The second-order valence-corrected chi connectivity index (χ2v) is 5.05. The van der Waals surface area contributed by atoms with Crippen LogP contribution in [0.3, 0.4) is 0 Å². The molecule has 1 atom stereocenters. The summed E-state index contributed by atoms with van der Waals surface area (Å²) in [7, 11) is 0. The minimum absolute atomic E-state index is 0.258. The molecule has 17 heavy (non-hydrogen) atoms. The molecule has 3 nitrogen and oxygen atoms in total. The van der Waals surface area contributed by atoms with Gasteiger partial charge in [-0.2, -0.15) is 0 Å². The minimum atomic E-state index is 0.258. The maximum absolute atomic E-state index is 5.98. The van der Waals surface area contributed by atoms with Crippen molar-refractivity contribution in [3.8, 4) is 0 Å². The molecule has 1 unspecified atom stereocenters. The first-order valence-electron chi connectivity index (χ1n) is 6.66. The van der Waals surface area contributed by atoms with E-state index in [1.807, 2.05) is 6.20 Å². The molecule has 0 bridgehead atoms. The molecule has 0 aromatic carbocycles. The van der Waals surface area contributed by atoms with E-state index in [2.05, 4.69) is 29.8 Å². The Morgan fingerprint density at radius 3 is 2.71 bits per heavy atom. The fourth-order valence-corrected chi connectivity index (χ4v) is 2.44. The quantitative estimate of drug-likeness (QED) is 0.867. The summed E-state index contributed by atoms with van der Waals surface area (Å²) < 4.78 is 0. The lowest BCUT2D eigenvalue weighted by molar-refractivity contribution is 0.644. The second kappa shape index (κ2) is 5.50. The maximum Gasteiger partial charge on any atom is 0.131 e. The van der Waals surface area contributed by atoms with Gasteiger partial charge in [0, 0.05) is 25.3 Å². The van der Waals surface area contributed by atoms with Crippen LogP contribution in [0.15, 0.2) is 12.3 Å². The Morgan fingerprint density at radius 2 is 2.12 bits per heavy atom. The van der Waals surface area contributed by atoms with Crippen LogP contribution in [0.25, 0.3) is 0 Å². The van der Waals surface area contributed by atoms with E-state index in [9.17, 15) is 0 Å². The Hall–Kier alpha value is -1.09. The first-order chi connectivity index (χ1) is 8.20. The Labute approximate surface area is 104 Å². The van der Waals surface area contributed by atoms with Gasteiger partial charge < -0.3 is 10.6 Å². The molecule has 0 aliphatic carbocycles. The van der Waals surface area contributed by atoms with Gasteiger partial charge in [0.2, 0.25) is 0 Å². The predicted octanol–water partition coefficient (Wildman–Crippen LogP) is 2.27. The minimum Gasteiger partial charge on any atom is -0.356 e. The lowest BCUT2D eigenvalue weighted by Gasteiger charge is -2.19. The van der Waals surface area contributed by atoms with Crippen molar-refractivity contribution in [1.29, 1.82) is 0 Å². The van der Waals surface area contributed by atoms with Crippen molar-refractivity contribution in [1.82, 2.24) is 4.98 Å². The summed E-state index contributed by atoms with van der Waals surface area (Å²) in [6.07, 6.45) is 6.54. The van der Waals surface area contributed by atoms with Crippen LogP contribution in [-0.2, 0) is 6.42 Å². The average molecular weight is 233 g/mol. The topological polar surface area (TPSA) is 42.1 Å². The summed E-state index contributed by atoms with van der Waals surface area (Å²) in [5, 5.41) is 0. The molecule has 2 heterocycles. The molecule has 3 heteroatoms. The standard InChI is InChI=1S/C14H23N3/c1-3-13(15)9-12-8-11(2)14(16-10-12)17-6-4-5-7-17/h8,10,13H,3-7,9,15H2,1-2H3. The molecule has 2 rings (SSSR count). The molecule has 1 aromatic rings. The van der Waals surface area contributed by atoms with Crippen LogP contribution in [-0.4, -0.2) is 24.1 Å². The van der Waals surface area contributed by atoms with Gasteiger partial charge in [-0.25, -0.2) is 4.98 Å². The van der Waals surface area contributed by atoms with Gasteiger partial charge in [0.1, 0.15) is 5.82 Å². The maximum atomic E-state index is 5.98. The molecule has 1 aromatic heterocycles. The summed E-state index contributed by atoms with van der Waals surface area (Å²) in [6.45, 7) is 6.59. The van der Waals surface area contributed by atoms with Gasteiger partial charge in [-0.05, 0) is 43.7 Å². The van der Waals surface area contributed by atoms with Gasteiger partial charge in [-0.1, -0.05) is 13.0 Å². The van der Waals surface area contributed by atoms with Crippen LogP contribution in [0, 0.1) is 6.92 Å². The molecule has 1 aliphatic heterocycles. The molecular formula is C14H23N3. The summed E-state index contributed by atoms with van der Waals surface area (Å²) in [5.41, 5.74) is 8.53. The normalized spacial score (nSPS) is 17.5. The average Bonchev–Trinajstić information content (AvgIpc) is 2.82. The fourth-order valence-electron chi connectivity index (χ4n) is 2.44. The van der Waals surface area contributed by atoms with E-state index in [0.717, 1.165) is 31.7 Å². The van der Waals surface area contributed by atoms with Crippen LogP contribution in [0.5, 0.6) is 0 Å². The van der Waals surface area contributed by atoms with E-state index in [1.165, 1.54) is 24.0 Å². The van der Waals surface area contributed by atoms with Crippen LogP contribution in [0.2, 0.25) is 0 Å². The summed E-state index contributed by atoms with van der Waals surface area (Å²) >= 11 is 0. The van der Waals surface area contributed by atoms with Crippen molar-refractivity contribution in [2.24, 2.45) is 5.73 Å². The number of nitrogens with two attached hydrogens (primary N) is 1. The largest absolute Gasteiger partial charge is 0.356 e. The number of hydrogen-bond donors (Lipinski definition) is 1. The molecular weight excluding hydrogens is 210 g/mol. The van der Waals surface area contributed by atoms with E-state index in [1.54, 1.807) is 0 Å². The number of aryl methyl sites for hydroxylation is 1. The van der Waals surface area contributed by atoms with E-state index < -0.39 is 0 Å². The third-order valence-corrected chi connectivity index (χ3v) is 3.54. The highest BCUT2D eigenvalue weighted by atomic mass is 15.2. The van der Waals surface area contributed by atoms with Crippen molar-refractivity contribution in [2.45, 2.75) is 45.6 Å². The lowest BCUT2D eigenvalue weighted by atomic mass is 10.0. The number of nitrogens with zero attached hydrogens (tertiary/aromatic N) is 2. The zero-order chi connectivity index (χ0) is 12.3. The molecule has 94 valence electrons. The number of hydrogen-bond acceptors (Lipinski definition) is 3. The summed E-state index contributed by atoms with van der Waals surface area (Å²) in [4.78, 5) is 7.01. The zero-order valence-electron chi connectivity index (χ0n) is 10.9. The van der Waals surface area contributed by atoms with E-state index in [0.29, 0.717) is 0 Å². The molecule has 1 saturated heterocycles. The monoisotopic (exact) mass is 233 g/mol. The summed E-state index contributed by atoms with van der Waals surface area (Å²) in [5.74, 6) is 1.16. The Kier molecular flexibility index (Phi) is 4.00. The molecule has 1 aliphatic rings.